The van der Waals surface area contributed by atoms with Crippen molar-refractivity contribution < 1.29 is 54.7 Å². The zero-order chi connectivity index (χ0) is 18.0. The zero-order valence-electron chi connectivity index (χ0n) is 13.0. The molecule has 0 amide bonds. The number of ether oxygens (including phenoxy) is 4. The molecular weight excluding hydrogens is 332 g/mol. The van der Waals surface area contributed by atoms with Crippen molar-refractivity contribution in [2.45, 2.75) is 61.4 Å². The Morgan fingerprint density at radius 3 is 1.75 bits per heavy atom. The van der Waals surface area contributed by atoms with Crippen LogP contribution in [0, 0.1) is 0 Å². The topological polar surface area (TPSA) is 179 Å². The van der Waals surface area contributed by atoms with Gasteiger partial charge in [-0.3, -0.25) is 0 Å². The molecule has 7 N–H and O–H groups in total. The molecule has 2 rings (SSSR count). The van der Waals surface area contributed by atoms with Gasteiger partial charge in [0.25, 0.3) is 0 Å². The molecule has 11 nitrogen and oxygen atoms in total. The summed E-state index contributed by atoms with van der Waals surface area (Å²) in [5.74, 6) is 0. The minimum atomic E-state index is -1.60. The summed E-state index contributed by atoms with van der Waals surface area (Å²) >= 11 is 0. The smallest absolute Gasteiger partial charge is 0.186 e. The van der Waals surface area contributed by atoms with Gasteiger partial charge in [0.2, 0.25) is 0 Å². The van der Waals surface area contributed by atoms with E-state index in [1.165, 1.54) is 7.11 Å². The van der Waals surface area contributed by atoms with Gasteiger partial charge in [0.1, 0.15) is 48.8 Å². The lowest BCUT2D eigenvalue weighted by molar-refractivity contribution is -0.328. The van der Waals surface area contributed by atoms with Gasteiger partial charge in [-0.1, -0.05) is 0 Å². The number of hydrogen-bond acceptors (Lipinski definition) is 11. The van der Waals surface area contributed by atoms with Crippen LogP contribution in [0.15, 0.2) is 0 Å². The van der Waals surface area contributed by atoms with Crippen LogP contribution >= 0.6 is 0 Å². The Bertz CT molecular complexity index is 356. The first-order chi connectivity index (χ1) is 11.3. The highest BCUT2D eigenvalue weighted by Gasteiger charge is 2.47. The second kappa shape index (κ2) is 8.29. The summed E-state index contributed by atoms with van der Waals surface area (Å²) in [7, 11) is 1.24. The summed E-state index contributed by atoms with van der Waals surface area (Å²) in [6.07, 6.45) is -14.0. The number of aliphatic hydroxyl groups excluding tert-OH is 7. The van der Waals surface area contributed by atoms with Crippen molar-refractivity contribution in [2.75, 3.05) is 20.3 Å². The van der Waals surface area contributed by atoms with E-state index in [4.69, 9.17) is 24.1 Å². The normalized spacial score (nSPS) is 50.0. The van der Waals surface area contributed by atoms with Gasteiger partial charge in [0.05, 0.1) is 13.2 Å². The zero-order valence-corrected chi connectivity index (χ0v) is 13.0. The highest BCUT2D eigenvalue weighted by Crippen LogP contribution is 2.25. The molecule has 0 saturated carbocycles. The Morgan fingerprint density at radius 2 is 1.21 bits per heavy atom. The Hall–Kier alpha value is -0.440. The molecule has 11 heteroatoms. The van der Waals surface area contributed by atoms with Crippen LogP contribution in [0.1, 0.15) is 0 Å². The Morgan fingerprint density at radius 1 is 0.708 bits per heavy atom. The number of aliphatic hydroxyl groups is 7. The monoisotopic (exact) mass is 356 g/mol. The third-order valence-electron chi connectivity index (χ3n) is 4.17. The molecule has 24 heavy (non-hydrogen) atoms. The van der Waals surface area contributed by atoms with Gasteiger partial charge >= 0.3 is 0 Å². The van der Waals surface area contributed by atoms with E-state index in [-0.39, 0.29) is 6.61 Å². The molecule has 2 aliphatic heterocycles. The molecule has 0 unspecified atom stereocenters. The van der Waals surface area contributed by atoms with Crippen molar-refractivity contribution in [3.8, 4) is 0 Å². The molecule has 2 heterocycles. The fourth-order valence-corrected chi connectivity index (χ4v) is 2.64. The van der Waals surface area contributed by atoms with Crippen LogP contribution in [0.25, 0.3) is 0 Å². The number of methoxy groups -OCH3 is 1. The van der Waals surface area contributed by atoms with E-state index in [0.717, 1.165) is 0 Å². The van der Waals surface area contributed by atoms with E-state index >= 15 is 0 Å². The minimum Gasteiger partial charge on any atom is -0.394 e. The number of hydrogen-bond donors (Lipinski definition) is 7. The summed E-state index contributed by atoms with van der Waals surface area (Å²) in [4.78, 5) is 0. The quantitative estimate of drug-likeness (QED) is 0.251. The molecule has 0 aromatic carbocycles. The molecule has 0 radical (unpaired) electrons. The SMILES string of the molecule is CO[C@H]1O[C@H](CO[C@H]2O[C@H](CO)[C@H](O)[C@H](O)[C@H]2O)[C@@H](O)[C@H](O)[C@H]1O. The summed E-state index contributed by atoms with van der Waals surface area (Å²) in [6, 6.07) is 0. The molecule has 2 fully saturated rings. The largest absolute Gasteiger partial charge is 0.394 e. The second-order valence-corrected chi connectivity index (χ2v) is 5.78. The molecule has 142 valence electrons. The van der Waals surface area contributed by atoms with Crippen molar-refractivity contribution in [2.24, 2.45) is 0 Å². The van der Waals surface area contributed by atoms with Crippen LogP contribution in [-0.2, 0) is 18.9 Å². The van der Waals surface area contributed by atoms with Gasteiger partial charge < -0.3 is 54.7 Å². The summed E-state index contributed by atoms with van der Waals surface area (Å²) in [5.41, 5.74) is 0. The molecule has 0 bridgehead atoms. The Labute approximate surface area is 137 Å². The van der Waals surface area contributed by atoms with E-state index in [2.05, 4.69) is 0 Å². The van der Waals surface area contributed by atoms with Crippen molar-refractivity contribution >= 4 is 0 Å². The van der Waals surface area contributed by atoms with Crippen LogP contribution in [0.4, 0.5) is 0 Å². The molecule has 2 saturated heterocycles. The maximum atomic E-state index is 9.91. The van der Waals surface area contributed by atoms with Crippen molar-refractivity contribution in [3.63, 3.8) is 0 Å². The van der Waals surface area contributed by atoms with E-state index in [9.17, 15) is 30.6 Å². The molecule has 0 aliphatic carbocycles. The highest BCUT2D eigenvalue weighted by molar-refractivity contribution is 4.91. The van der Waals surface area contributed by atoms with Crippen molar-refractivity contribution in [1.29, 1.82) is 0 Å². The average Bonchev–Trinajstić information content (AvgIpc) is 2.58. The summed E-state index contributed by atoms with van der Waals surface area (Å²) < 4.78 is 20.5. The fraction of sp³-hybridized carbons (Fsp3) is 1.00. The van der Waals surface area contributed by atoms with Gasteiger partial charge in [-0.05, 0) is 0 Å². The van der Waals surface area contributed by atoms with Crippen LogP contribution in [0.5, 0.6) is 0 Å². The predicted molar refractivity (Wildman–Crippen MR) is 73.4 cm³/mol. The van der Waals surface area contributed by atoms with Gasteiger partial charge in [-0.15, -0.1) is 0 Å². The Balaban J connectivity index is 1.96. The molecular formula is C13H24O11. The van der Waals surface area contributed by atoms with Crippen molar-refractivity contribution in [1.82, 2.24) is 0 Å². The van der Waals surface area contributed by atoms with Crippen LogP contribution in [-0.4, -0.2) is 117 Å². The Kier molecular flexibility index (Phi) is 6.87. The van der Waals surface area contributed by atoms with E-state index in [1.54, 1.807) is 0 Å². The molecule has 10 atom stereocenters. The summed E-state index contributed by atoms with van der Waals surface area (Å²) in [6.45, 7) is -0.989. The maximum Gasteiger partial charge on any atom is 0.186 e. The van der Waals surface area contributed by atoms with Gasteiger partial charge in [0.15, 0.2) is 12.6 Å². The molecule has 2 aliphatic rings. The van der Waals surface area contributed by atoms with Gasteiger partial charge in [-0.25, -0.2) is 0 Å². The first-order valence-electron chi connectivity index (χ1n) is 7.46. The van der Waals surface area contributed by atoms with Gasteiger partial charge in [-0.2, -0.15) is 0 Å². The van der Waals surface area contributed by atoms with Crippen LogP contribution in [0.2, 0.25) is 0 Å². The lowest BCUT2D eigenvalue weighted by Gasteiger charge is -2.42. The van der Waals surface area contributed by atoms with E-state index < -0.39 is 68.0 Å². The first-order valence-corrected chi connectivity index (χ1v) is 7.46. The third-order valence-corrected chi connectivity index (χ3v) is 4.17. The average molecular weight is 356 g/mol. The molecule has 0 aromatic rings. The lowest BCUT2D eigenvalue weighted by Crippen LogP contribution is -2.61. The van der Waals surface area contributed by atoms with Gasteiger partial charge in [0, 0.05) is 7.11 Å². The molecule has 0 spiro atoms. The standard InChI is InChI=1S/C13H24O11/c1-21-12-10(19)9(18)7(16)5(24-12)3-22-13-11(20)8(17)6(15)4(2-14)23-13/h4-20H,2-3H2,1H3/t4-,5-,6+,7-,8+,9+,10-,11-,12+,13+/m1/s1. The first kappa shape index (κ1) is 19.9. The number of rotatable bonds is 5. The second-order valence-electron chi connectivity index (χ2n) is 5.78. The van der Waals surface area contributed by atoms with E-state index in [1.807, 2.05) is 0 Å². The third kappa shape index (κ3) is 3.86. The molecule has 0 aromatic heterocycles. The summed E-state index contributed by atoms with van der Waals surface area (Å²) in [5, 5.41) is 67.6. The van der Waals surface area contributed by atoms with E-state index in [0.29, 0.717) is 0 Å². The van der Waals surface area contributed by atoms with Crippen molar-refractivity contribution in [3.05, 3.63) is 0 Å². The fourth-order valence-electron chi connectivity index (χ4n) is 2.64. The minimum absolute atomic E-state index is 0.381. The highest BCUT2D eigenvalue weighted by atomic mass is 16.7. The predicted octanol–water partition coefficient (Wildman–Crippen LogP) is -4.74. The van der Waals surface area contributed by atoms with Crippen LogP contribution in [0.3, 0.4) is 0 Å². The maximum absolute atomic E-state index is 9.91. The van der Waals surface area contributed by atoms with Crippen LogP contribution < -0.4 is 0 Å². The lowest BCUT2D eigenvalue weighted by atomic mass is 9.98.